The van der Waals surface area contributed by atoms with Crippen molar-refractivity contribution in [3.63, 3.8) is 0 Å². The van der Waals surface area contributed by atoms with E-state index in [0.717, 1.165) is 6.07 Å². The van der Waals surface area contributed by atoms with E-state index in [0.29, 0.717) is 11.8 Å². The number of halogens is 1. The Morgan fingerprint density at radius 2 is 1.92 bits per heavy atom. The Bertz CT molecular complexity index is 819. The molecule has 0 fully saturated rings. The summed E-state index contributed by atoms with van der Waals surface area (Å²) in [4.78, 5) is 34.2. The molecular formula is C18H18FNO5. The molecule has 0 bridgehead atoms. The number of amides is 1. The molecule has 1 heterocycles. The zero-order chi connectivity index (χ0) is 18.8. The molecule has 0 saturated heterocycles. The van der Waals surface area contributed by atoms with E-state index in [9.17, 15) is 23.9 Å². The van der Waals surface area contributed by atoms with Crippen molar-refractivity contribution >= 4 is 18.2 Å². The number of aldehydes is 1. The molecule has 1 aromatic carbocycles. The van der Waals surface area contributed by atoms with Crippen LogP contribution in [0.2, 0.25) is 0 Å². The number of hydrogen-bond donors (Lipinski definition) is 2. The number of carboxylic acids is 1. The zero-order valence-corrected chi connectivity index (χ0v) is 14.0. The summed E-state index contributed by atoms with van der Waals surface area (Å²) in [6, 6.07) is 5.27. The van der Waals surface area contributed by atoms with E-state index >= 15 is 0 Å². The first-order valence-corrected chi connectivity index (χ1v) is 7.52. The summed E-state index contributed by atoms with van der Waals surface area (Å²) in [7, 11) is 0. The highest BCUT2D eigenvalue weighted by molar-refractivity contribution is 5.87. The van der Waals surface area contributed by atoms with Crippen molar-refractivity contribution in [3.8, 4) is 11.3 Å². The number of carbonyl (C=O) groups excluding carboxylic acids is 2. The molecule has 0 unspecified atom stereocenters. The van der Waals surface area contributed by atoms with Gasteiger partial charge in [-0.1, -0.05) is 32.9 Å². The smallest absolute Gasteiger partial charge is 0.331 e. The molecule has 2 aromatic rings. The summed E-state index contributed by atoms with van der Waals surface area (Å²) in [6.07, 6.45) is 0.525. The molecule has 1 aromatic heterocycles. The van der Waals surface area contributed by atoms with E-state index in [1.807, 2.05) is 0 Å². The third-order valence-electron chi connectivity index (χ3n) is 3.54. The summed E-state index contributed by atoms with van der Waals surface area (Å²) in [5.41, 5.74) is -0.638. The molecule has 1 amide bonds. The maximum atomic E-state index is 14.5. The first-order valence-electron chi connectivity index (χ1n) is 7.52. The van der Waals surface area contributed by atoms with Gasteiger partial charge in [-0.25, -0.2) is 9.18 Å². The third-order valence-corrected chi connectivity index (χ3v) is 3.54. The molecule has 6 nitrogen and oxygen atoms in total. The van der Waals surface area contributed by atoms with Gasteiger partial charge in [-0.05, 0) is 18.2 Å². The topological polar surface area (TPSA) is 96.6 Å². The SMILES string of the molecule is CC(C)(C)C(=O)N[C@@H](C(=O)O)c1ccc(-c2ccc(C=O)o2)cc1F. The molecule has 2 rings (SSSR count). The van der Waals surface area contributed by atoms with Crippen LogP contribution in [0.1, 0.15) is 42.9 Å². The Hall–Kier alpha value is -2.96. The molecule has 25 heavy (non-hydrogen) atoms. The van der Waals surface area contributed by atoms with Gasteiger partial charge >= 0.3 is 5.97 Å². The van der Waals surface area contributed by atoms with Gasteiger partial charge in [0.2, 0.25) is 5.91 Å². The van der Waals surface area contributed by atoms with Gasteiger partial charge in [-0.15, -0.1) is 0 Å². The van der Waals surface area contributed by atoms with E-state index in [-0.39, 0.29) is 17.1 Å². The number of benzene rings is 1. The average molecular weight is 347 g/mol. The van der Waals surface area contributed by atoms with Gasteiger partial charge in [0.15, 0.2) is 18.1 Å². The summed E-state index contributed by atoms with van der Waals surface area (Å²) < 4.78 is 19.7. The summed E-state index contributed by atoms with van der Waals surface area (Å²) in [6.45, 7) is 4.88. The monoisotopic (exact) mass is 347 g/mol. The summed E-state index contributed by atoms with van der Waals surface area (Å²) in [5.74, 6) is -2.31. The van der Waals surface area contributed by atoms with Crippen LogP contribution in [0.3, 0.4) is 0 Å². The minimum atomic E-state index is -1.51. The fraction of sp³-hybridized carbons (Fsp3) is 0.278. The third kappa shape index (κ3) is 4.12. The van der Waals surface area contributed by atoms with E-state index < -0.39 is 29.2 Å². The molecule has 1 atom stereocenters. The number of carboxylic acid groups (broad SMARTS) is 1. The minimum absolute atomic E-state index is 0.0975. The number of furan rings is 1. The van der Waals surface area contributed by atoms with Crippen molar-refractivity contribution < 1.29 is 28.3 Å². The molecule has 0 saturated carbocycles. The lowest BCUT2D eigenvalue weighted by atomic mass is 9.94. The Morgan fingerprint density at radius 1 is 1.24 bits per heavy atom. The molecule has 0 radical (unpaired) electrons. The van der Waals surface area contributed by atoms with Gasteiger partial charge in [-0.2, -0.15) is 0 Å². The van der Waals surface area contributed by atoms with Crippen LogP contribution in [0.5, 0.6) is 0 Å². The van der Waals surface area contributed by atoms with Gasteiger partial charge in [0.25, 0.3) is 0 Å². The first-order chi connectivity index (χ1) is 11.6. The standard InChI is InChI=1S/C18H18FNO5/c1-18(2,3)17(24)20-15(16(22)23)12-6-4-10(8-13(12)19)14-7-5-11(9-21)25-14/h4-9,15H,1-3H3,(H,20,24)(H,22,23)/t15-/m1/s1. The van der Waals surface area contributed by atoms with Crippen LogP contribution in [0.4, 0.5) is 4.39 Å². The van der Waals surface area contributed by atoms with Gasteiger partial charge in [0, 0.05) is 16.5 Å². The van der Waals surface area contributed by atoms with Crippen molar-refractivity contribution in [1.29, 1.82) is 0 Å². The molecule has 7 heteroatoms. The lowest BCUT2D eigenvalue weighted by molar-refractivity contribution is -0.143. The number of rotatable bonds is 5. The van der Waals surface area contributed by atoms with Gasteiger partial charge in [0.05, 0.1) is 0 Å². The molecule has 0 aliphatic heterocycles. The van der Waals surface area contributed by atoms with Crippen molar-refractivity contribution in [3.05, 3.63) is 47.5 Å². The Labute approximate surface area is 143 Å². The summed E-state index contributed by atoms with van der Waals surface area (Å²) in [5, 5.41) is 11.7. The van der Waals surface area contributed by atoms with Crippen molar-refractivity contribution in [2.45, 2.75) is 26.8 Å². The number of aliphatic carboxylic acids is 1. The molecule has 0 spiro atoms. The average Bonchev–Trinajstić information content (AvgIpc) is 3.00. The second-order valence-electron chi connectivity index (χ2n) is 6.55. The lowest BCUT2D eigenvalue weighted by Gasteiger charge is -2.22. The van der Waals surface area contributed by atoms with E-state index in [4.69, 9.17) is 4.42 Å². The molecule has 0 aliphatic carbocycles. The first kappa shape index (κ1) is 18.4. The highest BCUT2D eigenvalue weighted by Gasteiger charge is 2.30. The maximum Gasteiger partial charge on any atom is 0.331 e. The molecular weight excluding hydrogens is 329 g/mol. The normalized spacial score (nSPS) is 12.5. The van der Waals surface area contributed by atoms with Crippen LogP contribution >= 0.6 is 0 Å². The fourth-order valence-electron chi connectivity index (χ4n) is 2.11. The molecule has 132 valence electrons. The Morgan fingerprint density at radius 3 is 2.40 bits per heavy atom. The largest absolute Gasteiger partial charge is 0.479 e. The highest BCUT2D eigenvalue weighted by atomic mass is 19.1. The fourth-order valence-corrected chi connectivity index (χ4v) is 2.11. The van der Waals surface area contributed by atoms with Crippen molar-refractivity contribution in [2.75, 3.05) is 0 Å². The van der Waals surface area contributed by atoms with Crippen LogP contribution < -0.4 is 5.32 Å². The van der Waals surface area contributed by atoms with Gasteiger partial charge in [0.1, 0.15) is 11.6 Å². The predicted octanol–water partition coefficient (Wildman–Crippen LogP) is 3.19. The van der Waals surface area contributed by atoms with Crippen LogP contribution in [-0.4, -0.2) is 23.3 Å². The summed E-state index contributed by atoms with van der Waals surface area (Å²) >= 11 is 0. The molecule has 0 aliphatic rings. The van der Waals surface area contributed by atoms with E-state index in [1.165, 1.54) is 24.3 Å². The highest BCUT2D eigenvalue weighted by Crippen LogP contribution is 2.27. The predicted molar refractivity (Wildman–Crippen MR) is 87.5 cm³/mol. The minimum Gasteiger partial charge on any atom is -0.479 e. The number of carbonyl (C=O) groups is 3. The van der Waals surface area contributed by atoms with Crippen molar-refractivity contribution in [2.24, 2.45) is 5.41 Å². The zero-order valence-electron chi connectivity index (χ0n) is 14.0. The second-order valence-corrected chi connectivity index (χ2v) is 6.55. The Kier molecular flexibility index (Phi) is 5.06. The van der Waals surface area contributed by atoms with E-state index in [1.54, 1.807) is 20.8 Å². The van der Waals surface area contributed by atoms with Gasteiger partial charge in [-0.3, -0.25) is 9.59 Å². The van der Waals surface area contributed by atoms with E-state index in [2.05, 4.69) is 5.32 Å². The van der Waals surface area contributed by atoms with Gasteiger partial charge < -0.3 is 14.8 Å². The maximum absolute atomic E-state index is 14.5. The van der Waals surface area contributed by atoms with Crippen molar-refractivity contribution in [1.82, 2.24) is 5.32 Å². The van der Waals surface area contributed by atoms with Crippen LogP contribution in [0, 0.1) is 11.2 Å². The number of hydrogen-bond acceptors (Lipinski definition) is 4. The Balaban J connectivity index is 2.35. The van der Waals surface area contributed by atoms with Crippen LogP contribution in [-0.2, 0) is 9.59 Å². The van der Waals surface area contributed by atoms with Crippen LogP contribution in [0.15, 0.2) is 34.7 Å². The molecule has 2 N–H and O–H groups in total. The quantitative estimate of drug-likeness (QED) is 0.810. The van der Waals surface area contributed by atoms with Crippen LogP contribution in [0.25, 0.3) is 11.3 Å². The number of nitrogens with one attached hydrogen (secondary N) is 1. The second kappa shape index (κ2) is 6.88. The lowest BCUT2D eigenvalue weighted by Crippen LogP contribution is -2.40.